The number of amides is 13. The fourth-order valence-electron chi connectivity index (χ4n) is 7.80. The summed E-state index contributed by atoms with van der Waals surface area (Å²) < 4.78 is 5.21. The Balaban J connectivity index is 2.12. The van der Waals surface area contributed by atoms with Gasteiger partial charge in [-0.2, -0.15) is 0 Å². The number of ether oxygens (including phenoxy) is 1. The highest BCUT2D eigenvalue weighted by Crippen LogP contribution is 2.24. The van der Waals surface area contributed by atoms with E-state index in [1.807, 2.05) is 0 Å². The van der Waals surface area contributed by atoms with Crippen LogP contribution < -0.4 is 81.3 Å². The number of hydrogen-bond acceptors (Lipinski definition) is 17. The van der Waals surface area contributed by atoms with Crippen molar-refractivity contribution in [2.24, 2.45) is 33.7 Å². The van der Waals surface area contributed by atoms with Crippen molar-refractivity contribution in [2.45, 2.75) is 113 Å². The smallest absolute Gasteiger partial charge is 0.312 e. The molecule has 20 N–H and O–H groups in total. The Morgan fingerprint density at radius 2 is 1.33 bits per heavy atom. The van der Waals surface area contributed by atoms with E-state index in [4.69, 9.17) is 33.4 Å². The number of nitrogens with two attached hydrogens (primary N) is 5. The lowest BCUT2D eigenvalue weighted by Crippen LogP contribution is -2.59. The summed E-state index contributed by atoms with van der Waals surface area (Å²) in [6, 6.07) is -6.92. The van der Waals surface area contributed by atoms with Gasteiger partial charge in [-0.15, -0.1) is 0 Å². The fourth-order valence-corrected chi connectivity index (χ4v) is 10.1. The molecule has 2 heterocycles. The van der Waals surface area contributed by atoms with Crippen LogP contribution in [-0.2, 0) is 64.0 Å². The van der Waals surface area contributed by atoms with Gasteiger partial charge in [0, 0.05) is 44.5 Å². The predicted molar refractivity (Wildman–Crippen MR) is 281 cm³/mol. The minimum Gasteiger partial charge on any atom is -0.497 e. The maximum absolute atomic E-state index is 14.3. The van der Waals surface area contributed by atoms with Gasteiger partial charge >= 0.3 is 12.0 Å². The third-order valence-electron chi connectivity index (χ3n) is 11.6. The number of carbonyl (C=O) groups excluding carboxylic acids is 12. The quantitative estimate of drug-likeness (QED) is 0.0298. The van der Waals surface area contributed by atoms with Crippen LogP contribution in [0, 0.1) is 0 Å². The van der Waals surface area contributed by atoms with Crippen molar-refractivity contribution < 1.29 is 72.2 Å². The Kier molecular flexibility index (Phi) is 26.7. The van der Waals surface area contributed by atoms with E-state index in [0.717, 1.165) is 33.4 Å². The molecule has 78 heavy (non-hydrogen) atoms. The van der Waals surface area contributed by atoms with E-state index in [0.29, 0.717) is 11.3 Å². The summed E-state index contributed by atoms with van der Waals surface area (Å²) in [4.78, 5) is 177. The molecule has 0 spiro atoms. The lowest BCUT2D eigenvalue weighted by atomic mass is 10.0. The highest BCUT2D eigenvalue weighted by Gasteiger charge is 2.40. The summed E-state index contributed by atoms with van der Waals surface area (Å²) >= 11 is 0. The minimum absolute atomic E-state index is 0.00803. The number of primary amides is 3. The maximum Gasteiger partial charge on any atom is 0.312 e. The fraction of sp³-hybridized carbons (Fsp3) is 0.556. The van der Waals surface area contributed by atoms with E-state index in [-0.39, 0.29) is 82.0 Å². The molecule has 8 atom stereocenters. The summed E-state index contributed by atoms with van der Waals surface area (Å²) in [5.74, 6) is -12.6. The van der Waals surface area contributed by atoms with E-state index in [2.05, 4.69) is 52.8 Å². The van der Waals surface area contributed by atoms with Gasteiger partial charge in [0.2, 0.25) is 65.0 Å². The molecule has 0 aromatic heterocycles. The second-order valence-corrected chi connectivity index (χ2v) is 20.3. The molecule has 2 saturated heterocycles. The van der Waals surface area contributed by atoms with Crippen molar-refractivity contribution in [1.29, 1.82) is 0 Å². The molecule has 0 saturated carbocycles. The number of fused-ring (bicyclic) bond motifs is 1. The molecule has 0 aliphatic carbocycles. The Morgan fingerprint density at radius 3 is 1.95 bits per heavy atom. The van der Waals surface area contributed by atoms with Crippen LogP contribution in [0.5, 0.6) is 5.75 Å². The van der Waals surface area contributed by atoms with Crippen LogP contribution in [0.15, 0.2) is 29.3 Å². The Bertz CT molecular complexity index is 2400. The summed E-state index contributed by atoms with van der Waals surface area (Å²) in [6.45, 7) is 0.0646. The van der Waals surface area contributed by atoms with Crippen molar-refractivity contribution in [2.75, 3.05) is 44.8 Å². The average molecular weight is 1140 g/mol. The zero-order valence-corrected chi connectivity index (χ0v) is 44.4. The first-order chi connectivity index (χ1) is 36.9. The Labute approximate surface area is 455 Å². The molecule has 3 rings (SSSR count). The van der Waals surface area contributed by atoms with E-state index < -0.39 is 145 Å². The van der Waals surface area contributed by atoms with Crippen molar-refractivity contribution >= 4 is 105 Å². The number of carboxylic acid groups (broad SMARTS) is 1. The van der Waals surface area contributed by atoms with Crippen LogP contribution in [0.2, 0.25) is 0 Å². The van der Waals surface area contributed by atoms with Gasteiger partial charge in [0.15, 0.2) is 5.96 Å². The van der Waals surface area contributed by atoms with E-state index in [9.17, 15) is 67.4 Å². The largest absolute Gasteiger partial charge is 0.497 e. The van der Waals surface area contributed by atoms with Gasteiger partial charge in [0.05, 0.1) is 26.5 Å². The molecule has 13 amide bonds. The Morgan fingerprint density at radius 1 is 0.731 bits per heavy atom. The lowest BCUT2D eigenvalue weighted by molar-refractivity contribution is -0.143. The molecule has 0 radical (unpaired) electrons. The lowest BCUT2D eigenvalue weighted by Gasteiger charge is -2.30. The van der Waals surface area contributed by atoms with Gasteiger partial charge in [-0.25, -0.2) is 4.79 Å². The van der Waals surface area contributed by atoms with E-state index in [1.165, 1.54) is 7.11 Å². The number of aliphatic imine (C=N–C) groups is 1. The topological polar surface area (TPSA) is 505 Å². The third kappa shape index (κ3) is 22.6. The van der Waals surface area contributed by atoms with Gasteiger partial charge in [-0.05, 0) is 56.2 Å². The molecule has 0 bridgehead atoms. The van der Waals surface area contributed by atoms with Crippen molar-refractivity contribution in [3.05, 3.63) is 29.8 Å². The maximum atomic E-state index is 14.3. The molecule has 1 aromatic carbocycles. The molecule has 33 heteroatoms. The van der Waals surface area contributed by atoms with Gasteiger partial charge in [0.1, 0.15) is 54.1 Å². The number of benzene rings is 1. The molecule has 2 aliphatic rings. The highest BCUT2D eigenvalue weighted by atomic mass is 33.1. The zero-order chi connectivity index (χ0) is 58.1. The summed E-state index contributed by atoms with van der Waals surface area (Å²) in [6.07, 6.45) is -2.04. The number of aliphatic carboxylic acids is 1. The number of nitrogens with one attached hydrogen (secondary N) is 9. The molecule has 31 nitrogen and oxygen atoms in total. The summed E-state index contributed by atoms with van der Waals surface area (Å²) in [5.41, 5.74) is 27.7. The van der Waals surface area contributed by atoms with Crippen LogP contribution in [0.25, 0.3) is 0 Å². The van der Waals surface area contributed by atoms with Crippen LogP contribution in [-0.4, -0.2) is 186 Å². The highest BCUT2D eigenvalue weighted by molar-refractivity contribution is 8.76. The molecular formula is C45H68N16O15S2. The number of guanidine groups is 1. The minimum atomic E-state index is -1.89. The number of methoxy groups -OCH3 is 1. The predicted octanol–water partition coefficient (Wildman–Crippen LogP) is -6.51. The van der Waals surface area contributed by atoms with Crippen LogP contribution >= 0.6 is 21.6 Å². The average Bonchev–Trinajstić information content (AvgIpc) is 3.87. The van der Waals surface area contributed by atoms with E-state index in [1.54, 1.807) is 24.3 Å². The third-order valence-corrected chi connectivity index (χ3v) is 14.1. The van der Waals surface area contributed by atoms with Crippen LogP contribution in [0.3, 0.4) is 0 Å². The van der Waals surface area contributed by atoms with Crippen molar-refractivity contribution in [1.82, 2.24) is 52.8 Å². The zero-order valence-electron chi connectivity index (χ0n) is 42.8. The number of rotatable bonds is 17. The SMILES string of the molecule is COc1ccc(C[C@@H]2NC(=O)[C@H](CC(=O)O)NC(=O)CNC(=O)[C@H](CCCN=C(N)N)NC(=O)[C@@H]3CCCN3C(=O)[C@H](CC(N)=O)NC(=O)[C@@H](NC(C)=O)CSSC[C@@H](C(N)=O)NC(=O)[C@H](CCCNC(N)=O)NC2=O)cc1. The number of hydrogen-bond donors (Lipinski definition) is 15. The molecule has 2 fully saturated rings. The molecule has 0 unspecified atom stereocenters. The first-order valence-corrected chi connectivity index (χ1v) is 26.8. The monoisotopic (exact) mass is 1140 g/mol. The first-order valence-electron chi connectivity index (χ1n) is 24.3. The number of carboxylic acids is 1. The first kappa shape index (κ1) is 64.2. The standard InChI is InChI=1S/C45H68N16O15S2/c1-22(62)54-31-21-78-77-20-30(36(47)67)60-38(69)26(7-4-14-52-45(50)75)56-39(70)27(16-23-9-11-24(76-2)12-10-23)58-40(71)28(18-35(65)66)55-34(64)19-53-37(68)25(6-3-13-51-44(48)49)57-42(73)32-8-5-15-61(32)43(74)29(17-33(46)63)59-41(31)72/h9-12,25-32H,3-8,13-21H2,1-2H3,(H2,46,63)(H2,47,67)(H,53,68)(H,54,62)(H,55,64)(H,56,70)(H,57,73)(H,58,71)(H,59,72)(H,60,69)(H,65,66)(H4,48,49,51)(H3,50,52,75)/t25-,26-,27-,28-,29-,30-,31-,32-/m0/s1. The molecular weight excluding hydrogens is 1070 g/mol. The van der Waals surface area contributed by atoms with Gasteiger partial charge in [-0.1, -0.05) is 33.7 Å². The second-order valence-electron chi connectivity index (χ2n) is 17.8. The molecule has 1 aromatic rings. The van der Waals surface area contributed by atoms with E-state index >= 15 is 0 Å². The summed E-state index contributed by atoms with van der Waals surface area (Å²) in [5, 5.41) is 31.6. The molecule has 430 valence electrons. The van der Waals surface area contributed by atoms with Crippen LogP contribution in [0.1, 0.15) is 63.9 Å². The van der Waals surface area contributed by atoms with Crippen molar-refractivity contribution in [3.8, 4) is 5.75 Å². The van der Waals surface area contributed by atoms with Crippen LogP contribution in [0.4, 0.5) is 4.79 Å². The van der Waals surface area contributed by atoms with Gasteiger partial charge < -0.3 is 91.3 Å². The van der Waals surface area contributed by atoms with Crippen molar-refractivity contribution in [3.63, 3.8) is 0 Å². The number of carbonyl (C=O) groups is 13. The molecule has 2 aliphatic heterocycles. The number of nitrogens with zero attached hydrogens (tertiary/aromatic N) is 2. The number of urea groups is 1. The normalized spacial score (nSPS) is 23.7. The van der Waals surface area contributed by atoms with Gasteiger partial charge in [0.25, 0.3) is 0 Å². The van der Waals surface area contributed by atoms with Gasteiger partial charge in [-0.3, -0.25) is 62.5 Å². The Hall–Kier alpha value is -8.10. The summed E-state index contributed by atoms with van der Waals surface area (Å²) in [7, 11) is 3.25. The second kappa shape index (κ2) is 32.5.